The number of anilines is 2. The number of ether oxygens (including phenoxy) is 1. The normalized spacial score (nSPS) is 10.7. The quantitative estimate of drug-likeness (QED) is 0.465. The van der Waals surface area contributed by atoms with Crippen LogP contribution in [-0.4, -0.2) is 35.1 Å². The van der Waals surface area contributed by atoms with Crippen LogP contribution in [-0.2, 0) is 0 Å². The number of nitrogens with one attached hydrogen (secondary N) is 2. The zero-order valence-corrected chi connectivity index (χ0v) is 17.5. The molecule has 0 saturated heterocycles. The first kappa shape index (κ1) is 20.4. The van der Waals surface area contributed by atoms with Crippen molar-refractivity contribution in [3.05, 3.63) is 76.4 Å². The summed E-state index contributed by atoms with van der Waals surface area (Å²) < 4.78 is 5.28. The number of nitrogens with zero attached hydrogens (tertiary/aromatic N) is 3. The molecule has 2 amide bonds. The predicted molar refractivity (Wildman–Crippen MR) is 121 cm³/mol. The van der Waals surface area contributed by atoms with Crippen molar-refractivity contribution in [2.24, 2.45) is 0 Å². The molecule has 0 saturated carbocycles. The molecule has 0 unspecified atom stereocenters. The van der Waals surface area contributed by atoms with E-state index < -0.39 is 11.6 Å². The average molecular weight is 436 g/mol. The Labute approximate surface area is 182 Å². The van der Waals surface area contributed by atoms with Crippen LogP contribution in [0, 0.1) is 0 Å². The Hall–Kier alpha value is -3.91. The number of rotatable bonds is 4. The molecule has 4 aromatic rings. The first-order valence-corrected chi connectivity index (χ1v) is 9.67. The molecule has 3 heterocycles. The minimum absolute atomic E-state index is 0.124. The number of aromatic amines is 1. The summed E-state index contributed by atoms with van der Waals surface area (Å²) in [5.41, 5.74) is 1.96. The van der Waals surface area contributed by atoms with E-state index in [1.807, 2.05) is 24.3 Å². The molecule has 0 spiro atoms. The molecule has 31 heavy (non-hydrogen) atoms. The van der Waals surface area contributed by atoms with Crippen LogP contribution >= 0.6 is 11.6 Å². The van der Waals surface area contributed by atoms with Gasteiger partial charge in [-0.1, -0.05) is 23.7 Å². The molecule has 8 nitrogen and oxygen atoms in total. The van der Waals surface area contributed by atoms with Crippen molar-refractivity contribution >= 4 is 40.0 Å². The highest BCUT2D eigenvalue weighted by Gasteiger charge is 2.19. The Bertz CT molecular complexity index is 1340. The van der Waals surface area contributed by atoms with Crippen LogP contribution in [0.4, 0.5) is 16.2 Å². The van der Waals surface area contributed by atoms with E-state index in [0.29, 0.717) is 28.0 Å². The number of aromatic nitrogens is 3. The maximum atomic E-state index is 13.0. The number of methoxy groups -OCH3 is 1. The van der Waals surface area contributed by atoms with Gasteiger partial charge in [-0.2, -0.15) is 0 Å². The number of amides is 2. The van der Waals surface area contributed by atoms with Gasteiger partial charge in [-0.05, 0) is 42.0 Å². The molecule has 0 aliphatic heterocycles. The summed E-state index contributed by atoms with van der Waals surface area (Å²) in [6, 6.07) is 13.7. The molecular weight excluding hydrogens is 418 g/mol. The number of benzene rings is 1. The van der Waals surface area contributed by atoms with Gasteiger partial charge in [0.2, 0.25) is 0 Å². The van der Waals surface area contributed by atoms with Gasteiger partial charge in [-0.15, -0.1) is 0 Å². The smallest absolute Gasteiger partial charge is 0.326 e. The Morgan fingerprint density at radius 3 is 2.77 bits per heavy atom. The SMILES string of the molecule is COc1cccc(-c2ccnc(Cl)c2NC(=O)N(C)c2cc3cccnc3[nH]c2=O)c1. The highest BCUT2D eigenvalue weighted by Crippen LogP contribution is 2.34. The number of carbonyl (C=O) groups is 1. The van der Waals surface area contributed by atoms with E-state index >= 15 is 0 Å². The van der Waals surface area contributed by atoms with Crippen molar-refractivity contribution in [1.82, 2.24) is 15.0 Å². The summed E-state index contributed by atoms with van der Waals surface area (Å²) in [7, 11) is 3.07. The van der Waals surface area contributed by atoms with Gasteiger partial charge in [0, 0.05) is 30.4 Å². The second-order valence-electron chi connectivity index (χ2n) is 6.67. The fraction of sp³-hybridized carbons (Fsp3) is 0.0909. The lowest BCUT2D eigenvalue weighted by Gasteiger charge is -2.19. The van der Waals surface area contributed by atoms with Crippen LogP contribution in [0.1, 0.15) is 0 Å². The standard InChI is InChI=1S/C22H18ClN5O3/c1-28(17-12-14-6-4-9-25-20(14)27-21(17)29)22(30)26-18-16(8-10-24-19(18)23)13-5-3-7-15(11-13)31-2/h3-12H,1-2H3,(H,26,30)(H,25,27,29). The van der Waals surface area contributed by atoms with Crippen molar-refractivity contribution in [3.8, 4) is 16.9 Å². The summed E-state index contributed by atoms with van der Waals surface area (Å²) in [5, 5.41) is 3.60. The van der Waals surface area contributed by atoms with Gasteiger partial charge in [-0.3, -0.25) is 9.69 Å². The highest BCUT2D eigenvalue weighted by atomic mass is 35.5. The molecule has 0 fully saturated rings. The van der Waals surface area contributed by atoms with E-state index in [4.69, 9.17) is 16.3 Å². The van der Waals surface area contributed by atoms with Crippen LogP contribution in [0.2, 0.25) is 5.15 Å². The van der Waals surface area contributed by atoms with E-state index in [0.717, 1.165) is 5.56 Å². The first-order chi connectivity index (χ1) is 15.0. The van der Waals surface area contributed by atoms with Gasteiger partial charge in [0.15, 0.2) is 5.15 Å². The Kier molecular flexibility index (Phi) is 5.55. The van der Waals surface area contributed by atoms with E-state index in [9.17, 15) is 9.59 Å². The number of H-pyrrole nitrogens is 1. The third-order valence-electron chi connectivity index (χ3n) is 4.78. The van der Waals surface area contributed by atoms with Crippen LogP contribution in [0.3, 0.4) is 0 Å². The molecule has 156 valence electrons. The molecule has 0 atom stereocenters. The van der Waals surface area contributed by atoms with Crippen LogP contribution in [0.15, 0.2) is 65.7 Å². The molecule has 2 N–H and O–H groups in total. The monoisotopic (exact) mass is 435 g/mol. The molecule has 0 bridgehead atoms. The number of hydrogen-bond acceptors (Lipinski definition) is 5. The molecular formula is C22H18ClN5O3. The predicted octanol–water partition coefficient (Wildman–Crippen LogP) is 4.32. The minimum Gasteiger partial charge on any atom is -0.497 e. The Morgan fingerprint density at radius 1 is 1.13 bits per heavy atom. The lowest BCUT2D eigenvalue weighted by atomic mass is 10.1. The number of halogens is 1. The summed E-state index contributed by atoms with van der Waals surface area (Å²) in [4.78, 5) is 37.6. The zero-order chi connectivity index (χ0) is 22.0. The zero-order valence-electron chi connectivity index (χ0n) is 16.7. The molecule has 0 radical (unpaired) electrons. The van der Waals surface area contributed by atoms with Crippen molar-refractivity contribution in [2.45, 2.75) is 0 Å². The summed E-state index contributed by atoms with van der Waals surface area (Å²) in [6.07, 6.45) is 3.14. The maximum absolute atomic E-state index is 13.0. The second-order valence-corrected chi connectivity index (χ2v) is 7.03. The number of fused-ring (bicyclic) bond motifs is 1. The average Bonchev–Trinajstić information content (AvgIpc) is 2.79. The molecule has 4 rings (SSSR count). The number of urea groups is 1. The number of pyridine rings is 3. The maximum Gasteiger partial charge on any atom is 0.326 e. The van der Waals surface area contributed by atoms with Crippen molar-refractivity contribution in [1.29, 1.82) is 0 Å². The van der Waals surface area contributed by atoms with Crippen molar-refractivity contribution < 1.29 is 9.53 Å². The van der Waals surface area contributed by atoms with Crippen LogP contribution in [0.5, 0.6) is 5.75 Å². The van der Waals surface area contributed by atoms with Gasteiger partial charge >= 0.3 is 6.03 Å². The van der Waals surface area contributed by atoms with E-state index in [-0.39, 0.29) is 10.8 Å². The molecule has 3 aromatic heterocycles. The summed E-state index contributed by atoms with van der Waals surface area (Å²) in [5.74, 6) is 0.663. The Balaban J connectivity index is 1.69. The van der Waals surface area contributed by atoms with Crippen molar-refractivity contribution in [3.63, 3.8) is 0 Å². The second kappa shape index (κ2) is 8.45. The molecule has 1 aromatic carbocycles. The lowest BCUT2D eigenvalue weighted by Crippen LogP contribution is -2.35. The molecule has 9 heteroatoms. The van der Waals surface area contributed by atoms with Crippen molar-refractivity contribution in [2.75, 3.05) is 24.4 Å². The first-order valence-electron chi connectivity index (χ1n) is 9.29. The van der Waals surface area contributed by atoms with Gasteiger partial charge < -0.3 is 15.0 Å². The fourth-order valence-corrected chi connectivity index (χ4v) is 3.36. The largest absolute Gasteiger partial charge is 0.497 e. The number of carbonyl (C=O) groups excluding carboxylic acids is 1. The third kappa shape index (κ3) is 4.06. The van der Waals surface area contributed by atoms with Gasteiger partial charge in [0.25, 0.3) is 5.56 Å². The minimum atomic E-state index is -0.548. The van der Waals surface area contributed by atoms with E-state index in [1.165, 1.54) is 11.9 Å². The van der Waals surface area contributed by atoms with Gasteiger partial charge in [0.05, 0.1) is 12.8 Å². The Morgan fingerprint density at radius 2 is 1.97 bits per heavy atom. The van der Waals surface area contributed by atoms with Crippen LogP contribution in [0.25, 0.3) is 22.2 Å². The third-order valence-corrected chi connectivity index (χ3v) is 5.07. The molecule has 0 aliphatic rings. The lowest BCUT2D eigenvalue weighted by molar-refractivity contribution is 0.258. The topological polar surface area (TPSA) is 100 Å². The van der Waals surface area contributed by atoms with E-state index in [1.54, 1.807) is 43.8 Å². The van der Waals surface area contributed by atoms with E-state index in [2.05, 4.69) is 20.3 Å². The fourth-order valence-electron chi connectivity index (χ4n) is 3.16. The molecule has 0 aliphatic carbocycles. The summed E-state index contributed by atoms with van der Waals surface area (Å²) in [6.45, 7) is 0. The number of hydrogen-bond donors (Lipinski definition) is 2. The van der Waals surface area contributed by atoms with Gasteiger partial charge in [-0.25, -0.2) is 14.8 Å². The highest BCUT2D eigenvalue weighted by molar-refractivity contribution is 6.33. The summed E-state index contributed by atoms with van der Waals surface area (Å²) >= 11 is 6.31. The van der Waals surface area contributed by atoms with Gasteiger partial charge in [0.1, 0.15) is 17.1 Å². The van der Waals surface area contributed by atoms with Crippen LogP contribution < -0.4 is 20.5 Å².